The number of aryl methyl sites for hydroxylation is 1. The van der Waals surface area contributed by atoms with Crippen molar-refractivity contribution in [1.82, 2.24) is 19.5 Å². The fourth-order valence-electron chi connectivity index (χ4n) is 3.95. The van der Waals surface area contributed by atoms with Crippen LogP contribution in [0.3, 0.4) is 0 Å². The Morgan fingerprint density at radius 2 is 1.86 bits per heavy atom. The normalized spacial score (nSPS) is 12.7. The molecule has 0 N–H and O–H groups in total. The first kappa shape index (κ1) is 21.3. The third-order valence-electron chi connectivity index (χ3n) is 5.24. The van der Waals surface area contributed by atoms with E-state index in [9.17, 15) is 0 Å². The highest BCUT2D eigenvalue weighted by atomic mass is 16.5. The second-order valence-corrected chi connectivity index (χ2v) is 7.37. The van der Waals surface area contributed by atoms with Crippen molar-refractivity contribution >= 4 is 5.65 Å². The topological polar surface area (TPSA) is 42.7 Å². The van der Waals surface area contributed by atoms with Crippen LogP contribution in [0.15, 0.2) is 36.5 Å². The Hall–Kier alpha value is -2.40. The van der Waals surface area contributed by atoms with Gasteiger partial charge in [-0.1, -0.05) is 20.8 Å². The van der Waals surface area contributed by atoms with Crippen molar-refractivity contribution in [3.63, 3.8) is 0 Å². The zero-order chi connectivity index (χ0) is 20.6. The lowest BCUT2D eigenvalue weighted by molar-refractivity contribution is 0.263. The lowest BCUT2D eigenvalue weighted by Gasteiger charge is -2.15. The lowest BCUT2D eigenvalue weighted by Crippen LogP contribution is -2.21. The molecular formula is C24H34N4O. The summed E-state index contributed by atoms with van der Waals surface area (Å²) in [6.07, 6.45) is 7.39. The Morgan fingerprint density at radius 3 is 2.62 bits per heavy atom. The number of nitrogens with zero attached hydrogens (tertiary/aromatic N) is 4. The number of fused-ring (bicyclic) bond motifs is 2. The van der Waals surface area contributed by atoms with Crippen molar-refractivity contribution in [3.05, 3.63) is 47.8 Å². The third-order valence-corrected chi connectivity index (χ3v) is 5.24. The van der Waals surface area contributed by atoms with E-state index in [2.05, 4.69) is 48.2 Å². The predicted octanol–water partition coefficient (Wildman–Crippen LogP) is 5.02. The predicted molar refractivity (Wildman–Crippen MR) is 120 cm³/mol. The summed E-state index contributed by atoms with van der Waals surface area (Å²) < 4.78 is 7.90. The van der Waals surface area contributed by atoms with Gasteiger partial charge in [0.05, 0.1) is 18.5 Å². The smallest absolute Gasteiger partial charge is 0.155 e. The molecule has 4 rings (SSSR count). The van der Waals surface area contributed by atoms with Crippen LogP contribution in [0.1, 0.15) is 51.3 Å². The van der Waals surface area contributed by atoms with Gasteiger partial charge in [0.2, 0.25) is 0 Å². The van der Waals surface area contributed by atoms with Gasteiger partial charge in [0, 0.05) is 29.4 Å². The van der Waals surface area contributed by atoms with E-state index >= 15 is 0 Å². The van der Waals surface area contributed by atoms with Gasteiger partial charge in [-0.05, 0) is 70.0 Å². The number of hydrogen-bond acceptors (Lipinski definition) is 4. The Labute approximate surface area is 174 Å². The molecule has 1 aliphatic rings. The minimum atomic E-state index is 0.751. The van der Waals surface area contributed by atoms with Gasteiger partial charge in [0.25, 0.3) is 0 Å². The molecule has 5 nitrogen and oxygen atoms in total. The molecule has 0 saturated heterocycles. The van der Waals surface area contributed by atoms with Crippen LogP contribution in [-0.4, -0.2) is 46.2 Å². The van der Waals surface area contributed by atoms with E-state index in [-0.39, 0.29) is 0 Å². The molecule has 1 aromatic carbocycles. The van der Waals surface area contributed by atoms with Crippen LogP contribution >= 0.6 is 0 Å². The second kappa shape index (κ2) is 10.4. The molecule has 5 heteroatoms. The van der Waals surface area contributed by atoms with Crippen molar-refractivity contribution in [3.8, 4) is 17.0 Å². The van der Waals surface area contributed by atoms with Crippen molar-refractivity contribution in [2.24, 2.45) is 0 Å². The first-order valence-corrected chi connectivity index (χ1v) is 11.0. The second-order valence-electron chi connectivity index (χ2n) is 7.37. The number of aromatic nitrogens is 3. The highest BCUT2D eigenvalue weighted by Gasteiger charge is 2.21. The minimum Gasteiger partial charge on any atom is -0.494 e. The maximum atomic E-state index is 5.93. The molecule has 0 saturated carbocycles. The fraction of sp³-hybridized carbons (Fsp3) is 0.500. The Bertz CT molecular complexity index is 901. The SMILES string of the molecule is CC.CCCN(C)CCCOc1ccc(-c2c3c(nc4ccnn24)CCC3)cc1. The van der Waals surface area contributed by atoms with Gasteiger partial charge >= 0.3 is 0 Å². The van der Waals surface area contributed by atoms with Gasteiger partial charge in [-0.25, -0.2) is 9.50 Å². The number of rotatable bonds is 8. The largest absolute Gasteiger partial charge is 0.494 e. The molecule has 0 atom stereocenters. The van der Waals surface area contributed by atoms with E-state index in [0.717, 1.165) is 50.4 Å². The highest BCUT2D eigenvalue weighted by molar-refractivity contribution is 5.68. The lowest BCUT2D eigenvalue weighted by atomic mass is 10.0. The van der Waals surface area contributed by atoms with Crippen molar-refractivity contribution in [2.45, 2.75) is 52.9 Å². The minimum absolute atomic E-state index is 0.751. The monoisotopic (exact) mass is 394 g/mol. The molecule has 0 bridgehead atoms. The molecule has 29 heavy (non-hydrogen) atoms. The van der Waals surface area contributed by atoms with Crippen LogP contribution in [0, 0.1) is 0 Å². The summed E-state index contributed by atoms with van der Waals surface area (Å²) in [6.45, 7) is 9.18. The highest BCUT2D eigenvalue weighted by Crippen LogP contribution is 2.32. The summed E-state index contributed by atoms with van der Waals surface area (Å²) in [7, 11) is 2.17. The first-order chi connectivity index (χ1) is 14.3. The molecule has 1 aliphatic carbocycles. The molecule has 0 aliphatic heterocycles. The maximum Gasteiger partial charge on any atom is 0.155 e. The van der Waals surface area contributed by atoms with Crippen LogP contribution in [0.4, 0.5) is 0 Å². The maximum absolute atomic E-state index is 5.93. The molecule has 0 radical (unpaired) electrons. The van der Waals surface area contributed by atoms with Gasteiger partial charge in [-0.2, -0.15) is 5.10 Å². The molecule has 0 amide bonds. The fourth-order valence-corrected chi connectivity index (χ4v) is 3.95. The number of hydrogen-bond donors (Lipinski definition) is 0. The van der Waals surface area contributed by atoms with E-state index in [1.165, 1.54) is 35.4 Å². The summed E-state index contributed by atoms with van der Waals surface area (Å²) in [4.78, 5) is 7.12. The molecule has 0 unspecified atom stereocenters. The quantitative estimate of drug-likeness (QED) is 0.503. The van der Waals surface area contributed by atoms with Gasteiger partial charge < -0.3 is 9.64 Å². The van der Waals surface area contributed by atoms with Gasteiger partial charge in [-0.3, -0.25) is 0 Å². The van der Waals surface area contributed by atoms with Crippen molar-refractivity contribution < 1.29 is 4.74 Å². The molecule has 2 heterocycles. The molecule has 156 valence electrons. The molecule has 0 fully saturated rings. The standard InChI is InChI=1S/C22H28N4O.C2H6/c1-3-14-25(2)15-5-16-27-18-10-8-17(9-11-18)22-19-6-4-7-20(19)24-21-12-13-23-26(21)22;1-2/h8-13H,3-7,14-16H2,1-2H3;1-2H3. The van der Waals surface area contributed by atoms with Crippen LogP contribution in [0.2, 0.25) is 0 Å². The molecule has 3 aromatic rings. The van der Waals surface area contributed by atoms with Crippen LogP contribution in [0.25, 0.3) is 16.9 Å². The number of benzene rings is 1. The van der Waals surface area contributed by atoms with Crippen LogP contribution in [-0.2, 0) is 12.8 Å². The van der Waals surface area contributed by atoms with Crippen molar-refractivity contribution in [2.75, 3.05) is 26.7 Å². The molecular weight excluding hydrogens is 360 g/mol. The molecule has 0 spiro atoms. The van der Waals surface area contributed by atoms with Crippen LogP contribution in [0.5, 0.6) is 5.75 Å². The summed E-state index contributed by atoms with van der Waals surface area (Å²) in [6, 6.07) is 10.4. The van der Waals surface area contributed by atoms with Gasteiger partial charge in [-0.15, -0.1) is 0 Å². The summed E-state index contributed by atoms with van der Waals surface area (Å²) in [5.41, 5.74) is 5.88. The first-order valence-electron chi connectivity index (χ1n) is 11.0. The van der Waals surface area contributed by atoms with Gasteiger partial charge in [0.15, 0.2) is 5.65 Å². The zero-order valence-electron chi connectivity index (χ0n) is 18.3. The zero-order valence-corrected chi connectivity index (χ0v) is 18.3. The Kier molecular flexibility index (Phi) is 7.64. The van der Waals surface area contributed by atoms with Crippen LogP contribution < -0.4 is 4.74 Å². The van der Waals surface area contributed by atoms with E-state index < -0.39 is 0 Å². The van der Waals surface area contributed by atoms with Crippen molar-refractivity contribution in [1.29, 1.82) is 0 Å². The third kappa shape index (κ3) is 4.96. The Balaban J connectivity index is 0.00000117. The molecule has 2 aromatic heterocycles. The van der Waals surface area contributed by atoms with E-state index in [4.69, 9.17) is 9.72 Å². The average Bonchev–Trinajstić information content (AvgIpc) is 3.41. The van der Waals surface area contributed by atoms with Gasteiger partial charge in [0.1, 0.15) is 5.75 Å². The van der Waals surface area contributed by atoms with E-state index in [0.29, 0.717) is 0 Å². The summed E-state index contributed by atoms with van der Waals surface area (Å²) in [5, 5.41) is 4.51. The average molecular weight is 395 g/mol. The number of ether oxygens (including phenoxy) is 1. The Morgan fingerprint density at radius 1 is 1.07 bits per heavy atom. The summed E-state index contributed by atoms with van der Waals surface area (Å²) in [5.74, 6) is 0.930. The van der Waals surface area contributed by atoms with E-state index in [1.54, 1.807) is 0 Å². The van der Waals surface area contributed by atoms with E-state index in [1.807, 2.05) is 30.6 Å². The summed E-state index contributed by atoms with van der Waals surface area (Å²) >= 11 is 0.